The Kier molecular flexibility index (Phi) is 4.07. The zero-order valence-corrected chi connectivity index (χ0v) is 11.9. The topological polar surface area (TPSA) is 73.9 Å². The van der Waals surface area contributed by atoms with E-state index in [1.165, 1.54) is 25.0 Å². The van der Waals surface area contributed by atoms with Gasteiger partial charge in [-0.05, 0) is 43.0 Å². The van der Waals surface area contributed by atoms with Crippen LogP contribution in [0.25, 0.3) is 0 Å². The third kappa shape index (κ3) is 3.51. The molecular formula is C15H21FN4O. The highest BCUT2D eigenvalue weighted by Gasteiger charge is 2.34. The maximum atomic E-state index is 13.6. The highest BCUT2D eigenvalue weighted by molar-refractivity contribution is 5.97. The molecule has 0 radical (unpaired) electrons. The number of oxime groups is 1. The first-order valence-corrected chi connectivity index (χ1v) is 7.40. The van der Waals surface area contributed by atoms with Crippen molar-refractivity contribution >= 4 is 5.84 Å². The van der Waals surface area contributed by atoms with Gasteiger partial charge in [-0.3, -0.25) is 4.90 Å². The largest absolute Gasteiger partial charge is 0.409 e. The van der Waals surface area contributed by atoms with E-state index in [4.69, 9.17) is 10.9 Å². The molecule has 0 spiro atoms. The van der Waals surface area contributed by atoms with Crippen LogP contribution < -0.4 is 11.1 Å². The lowest BCUT2D eigenvalue weighted by atomic mass is 10.1. The molecule has 2 fully saturated rings. The molecule has 1 saturated heterocycles. The monoisotopic (exact) mass is 292 g/mol. The van der Waals surface area contributed by atoms with E-state index in [9.17, 15) is 4.39 Å². The van der Waals surface area contributed by atoms with Crippen LogP contribution in [0.15, 0.2) is 23.4 Å². The fraction of sp³-hybridized carbons (Fsp3) is 0.533. The lowest BCUT2D eigenvalue weighted by molar-refractivity contribution is 0.317. The Morgan fingerprint density at radius 3 is 2.90 bits per heavy atom. The Morgan fingerprint density at radius 1 is 1.38 bits per heavy atom. The molecule has 1 saturated carbocycles. The van der Waals surface area contributed by atoms with E-state index in [-0.39, 0.29) is 11.7 Å². The second-order valence-corrected chi connectivity index (χ2v) is 5.93. The number of rotatable bonds is 5. The smallest absolute Gasteiger partial charge is 0.170 e. The average molecular weight is 292 g/mol. The molecule has 2 aliphatic rings. The first-order valence-electron chi connectivity index (χ1n) is 7.40. The van der Waals surface area contributed by atoms with Crippen LogP contribution in [-0.2, 0) is 6.54 Å². The van der Waals surface area contributed by atoms with Gasteiger partial charge in [-0.25, -0.2) is 4.39 Å². The van der Waals surface area contributed by atoms with Crippen LogP contribution in [0.5, 0.6) is 0 Å². The molecule has 1 atom stereocenters. The van der Waals surface area contributed by atoms with Crippen molar-refractivity contribution in [3.63, 3.8) is 0 Å². The molecule has 0 amide bonds. The number of hydrogen-bond donors (Lipinski definition) is 3. The van der Waals surface area contributed by atoms with E-state index < -0.39 is 0 Å². The van der Waals surface area contributed by atoms with Crippen molar-refractivity contribution in [2.75, 3.05) is 13.1 Å². The molecule has 21 heavy (non-hydrogen) atoms. The number of nitrogens with two attached hydrogens (primary N) is 1. The van der Waals surface area contributed by atoms with Crippen molar-refractivity contribution < 1.29 is 9.60 Å². The minimum Gasteiger partial charge on any atom is -0.409 e. The minimum atomic E-state index is -0.373. The summed E-state index contributed by atoms with van der Waals surface area (Å²) >= 11 is 0. The number of hydrogen-bond acceptors (Lipinski definition) is 4. The zero-order chi connectivity index (χ0) is 14.8. The standard InChI is InChI=1S/C15H21FN4O/c16-12-6-10(5-11(7-12)15(17)19-21)8-18-13-3-4-20(9-13)14-1-2-14/h5-7,13-14,18,21H,1-4,8-9H2,(H2,17,19). The van der Waals surface area contributed by atoms with Crippen molar-refractivity contribution in [3.8, 4) is 0 Å². The van der Waals surface area contributed by atoms with E-state index in [1.54, 1.807) is 6.07 Å². The van der Waals surface area contributed by atoms with Gasteiger partial charge in [0.05, 0.1) is 0 Å². The van der Waals surface area contributed by atoms with Gasteiger partial charge in [0.25, 0.3) is 0 Å². The quantitative estimate of drug-likeness (QED) is 0.330. The molecule has 1 aliphatic heterocycles. The molecular weight excluding hydrogens is 271 g/mol. The van der Waals surface area contributed by atoms with Crippen LogP contribution in [0.2, 0.25) is 0 Å². The summed E-state index contributed by atoms with van der Waals surface area (Å²) in [6.45, 7) is 2.82. The van der Waals surface area contributed by atoms with E-state index in [0.717, 1.165) is 31.1 Å². The Balaban J connectivity index is 1.58. The predicted molar refractivity (Wildman–Crippen MR) is 78.8 cm³/mol. The van der Waals surface area contributed by atoms with E-state index >= 15 is 0 Å². The summed E-state index contributed by atoms with van der Waals surface area (Å²) in [5.74, 6) is -0.446. The molecule has 0 aromatic heterocycles. The van der Waals surface area contributed by atoms with Crippen LogP contribution in [0, 0.1) is 5.82 Å². The summed E-state index contributed by atoms with van der Waals surface area (Å²) in [7, 11) is 0. The molecule has 1 aromatic carbocycles. The van der Waals surface area contributed by atoms with E-state index in [2.05, 4.69) is 15.4 Å². The Hall–Kier alpha value is -1.66. The molecule has 1 aliphatic carbocycles. The first kappa shape index (κ1) is 14.3. The van der Waals surface area contributed by atoms with Gasteiger partial charge in [0.1, 0.15) is 5.82 Å². The molecule has 3 rings (SSSR count). The second kappa shape index (κ2) is 5.99. The Labute approximate surface area is 123 Å². The number of halogens is 1. The molecule has 4 N–H and O–H groups in total. The van der Waals surface area contributed by atoms with Crippen molar-refractivity contribution in [1.29, 1.82) is 0 Å². The van der Waals surface area contributed by atoms with Crippen molar-refractivity contribution in [2.24, 2.45) is 10.9 Å². The zero-order valence-electron chi connectivity index (χ0n) is 11.9. The summed E-state index contributed by atoms with van der Waals surface area (Å²) in [5.41, 5.74) is 6.73. The average Bonchev–Trinajstić information content (AvgIpc) is 3.23. The lowest BCUT2D eigenvalue weighted by Gasteiger charge is -2.16. The summed E-state index contributed by atoms with van der Waals surface area (Å²) in [5, 5.41) is 15.1. The second-order valence-electron chi connectivity index (χ2n) is 5.93. The number of amidine groups is 1. The summed E-state index contributed by atoms with van der Waals surface area (Å²) < 4.78 is 13.6. The Morgan fingerprint density at radius 2 is 2.19 bits per heavy atom. The van der Waals surface area contributed by atoms with Crippen LogP contribution in [0.3, 0.4) is 0 Å². The maximum Gasteiger partial charge on any atom is 0.170 e. The number of nitrogens with one attached hydrogen (secondary N) is 1. The van der Waals surface area contributed by atoms with Crippen LogP contribution >= 0.6 is 0 Å². The SMILES string of the molecule is N/C(=N/O)c1cc(F)cc(CNC2CCN(C3CC3)C2)c1. The molecule has 114 valence electrons. The van der Waals surface area contributed by atoms with Gasteiger partial charge in [0.15, 0.2) is 5.84 Å². The number of benzene rings is 1. The maximum absolute atomic E-state index is 13.6. The highest BCUT2D eigenvalue weighted by atomic mass is 19.1. The number of nitrogens with zero attached hydrogens (tertiary/aromatic N) is 2. The highest BCUT2D eigenvalue weighted by Crippen LogP contribution is 2.29. The van der Waals surface area contributed by atoms with Crippen LogP contribution in [0.4, 0.5) is 4.39 Å². The fourth-order valence-electron chi connectivity index (χ4n) is 2.95. The van der Waals surface area contributed by atoms with Crippen molar-refractivity contribution in [2.45, 2.75) is 37.9 Å². The van der Waals surface area contributed by atoms with Gasteiger partial charge in [0.2, 0.25) is 0 Å². The van der Waals surface area contributed by atoms with Gasteiger partial charge in [-0.2, -0.15) is 0 Å². The lowest BCUT2D eigenvalue weighted by Crippen LogP contribution is -2.33. The Bertz CT molecular complexity index is 544. The van der Waals surface area contributed by atoms with Crippen LogP contribution in [-0.4, -0.2) is 41.1 Å². The third-order valence-electron chi connectivity index (χ3n) is 4.24. The van der Waals surface area contributed by atoms with Gasteiger partial charge in [-0.15, -0.1) is 0 Å². The van der Waals surface area contributed by atoms with Gasteiger partial charge in [-0.1, -0.05) is 5.16 Å². The molecule has 0 bridgehead atoms. The predicted octanol–water partition coefficient (Wildman–Crippen LogP) is 1.25. The molecule has 5 nitrogen and oxygen atoms in total. The first-order chi connectivity index (χ1) is 10.2. The minimum absolute atomic E-state index is 0.0727. The van der Waals surface area contributed by atoms with Crippen molar-refractivity contribution in [3.05, 3.63) is 35.1 Å². The molecule has 1 heterocycles. The summed E-state index contributed by atoms with van der Waals surface area (Å²) in [6.07, 6.45) is 3.80. The third-order valence-corrected chi connectivity index (χ3v) is 4.24. The van der Waals surface area contributed by atoms with Crippen molar-refractivity contribution in [1.82, 2.24) is 10.2 Å². The normalized spacial score (nSPS) is 23.7. The van der Waals surface area contributed by atoms with Gasteiger partial charge >= 0.3 is 0 Å². The molecule has 1 unspecified atom stereocenters. The molecule has 6 heteroatoms. The van der Waals surface area contributed by atoms with E-state index in [0.29, 0.717) is 18.2 Å². The van der Waals surface area contributed by atoms with Gasteiger partial charge < -0.3 is 16.3 Å². The number of likely N-dealkylation sites (tertiary alicyclic amines) is 1. The van der Waals surface area contributed by atoms with E-state index in [1.807, 2.05) is 0 Å². The summed E-state index contributed by atoms with van der Waals surface area (Å²) in [4.78, 5) is 2.53. The van der Waals surface area contributed by atoms with Crippen LogP contribution in [0.1, 0.15) is 30.4 Å². The molecule has 1 aromatic rings. The summed E-state index contributed by atoms with van der Waals surface area (Å²) in [6, 6.07) is 5.76. The fourth-order valence-corrected chi connectivity index (χ4v) is 2.95. The van der Waals surface area contributed by atoms with Gasteiger partial charge in [0, 0.05) is 37.3 Å².